The van der Waals surface area contributed by atoms with E-state index < -0.39 is 10.2 Å². The number of carbonyl (C=O) groups is 1. The lowest BCUT2D eigenvalue weighted by molar-refractivity contribution is -0.138. The van der Waals surface area contributed by atoms with Crippen LogP contribution in [0.25, 0.3) is 0 Å². The van der Waals surface area contributed by atoms with Crippen LogP contribution in [0.3, 0.4) is 0 Å². The van der Waals surface area contributed by atoms with Crippen molar-refractivity contribution in [2.45, 2.75) is 70.8 Å². The van der Waals surface area contributed by atoms with E-state index in [4.69, 9.17) is 0 Å². The van der Waals surface area contributed by atoms with Crippen LogP contribution in [0.1, 0.15) is 64.7 Å². The minimum Gasteiger partial charge on any atom is -0.342 e. The summed E-state index contributed by atoms with van der Waals surface area (Å²) in [4.78, 5) is 14.7. The zero-order valence-electron chi connectivity index (χ0n) is 16.4. The number of amides is 1. The van der Waals surface area contributed by atoms with Crippen molar-refractivity contribution >= 4 is 16.1 Å². The Hall–Kier alpha value is -0.660. The highest BCUT2D eigenvalue weighted by Gasteiger charge is 2.37. The largest absolute Gasteiger partial charge is 0.342 e. The Morgan fingerprint density at radius 1 is 0.885 bits per heavy atom. The Bertz CT molecular complexity index is 573. The van der Waals surface area contributed by atoms with Gasteiger partial charge in [0, 0.05) is 45.2 Å². The lowest BCUT2D eigenvalue weighted by Crippen LogP contribution is -2.51. The summed E-state index contributed by atoms with van der Waals surface area (Å²) >= 11 is 0. The summed E-state index contributed by atoms with van der Waals surface area (Å²) in [7, 11) is -1.67. The van der Waals surface area contributed by atoms with Gasteiger partial charge in [0.05, 0.1) is 0 Å². The van der Waals surface area contributed by atoms with Gasteiger partial charge in [0.15, 0.2) is 0 Å². The van der Waals surface area contributed by atoms with Crippen molar-refractivity contribution in [3.63, 3.8) is 0 Å². The van der Waals surface area contributed by atoms with Crippen LogP contribution in [-0.2, 0) is 15.0 Å². The Kier molecular flexibility index (Phi) is 6.62. The lowest BCUT2D eigenvalue weighted by atomic mass is 9.93. The third-order valence-corrected chi connectivity index (χ3v) is 8.72. The summed E-state index contributed by atoms with van der Waals surface area (Å²) in [6, 6.07) is 0.142. The number of hydrogen-bond donors (Lipinski definition) is 0. The van der Waals surface area contributed by atoms with Crippen molar-refractivity contribution in [2.24, 2.45) is 11.8 Å². The van der Waals surface area contributed by atoms with Crippen LogP contribution in [0.5, 0.6) is 0 Å². The van der Waals surface area contributed by atoms with Gasteiger partial charge < -0.3 is 4.90 Å². The fourth-order valence-corrected chi connectivity index (χ4v) is 6.26. The fourth-order valence-electron chi connectivity index (χ4n) is 4.64. The Balaban J connectivity index is 1.53. The molecule has 2 aliphatic heterocycles. The van der Waals surface area contributed by atoms with Gasteiger partial charge in [-0.05, 0) is 44.4 Å². The van der Waals surface area contributed by atoms with E-state index in [0.29, 0.717) is 31.8 Å². The SMILES string of the molecule is CC1CCN(C(=O)C2CCN(S(=O)(=O)N(C)C3CCCCC3)CC2)CC1. The predicted molar refractivity (Wildman–Crippen MR) is 103 cm³/mol. The lowest BCUT2D eigenvalue weighted by Gasteiger charge is -2.39. The molecule has 0 unspecified atom stereocenters. The van der Waals surface area contributed by atoms with Crippen molar-refractivity contribution in [3.8, 4) is 0 Å². The monoisotopic (exact) mass is 385 g/mol. The standard InChI is InChI=1S/C19H35N3O3S/c1-16-8-12-21(13-9-16)19(23)17-10-14-22(15-11-17)26(24,25)20(2)18-6-4-3-5-7-18/h16-18H,3-15H2,1-2H3. The number of carbonyl (C=O) groups excluding carboxylic acids is 1. The molecule has 3 fully saturated rings. The molecule has 1 aliphatic carbocycles. The number of hydrogen-bond acceptors (Lipinski definition) is 3. The van der Waals surface area contributed by atoms with Crippen LogP contribution in [0.4, 0.5) is 0 Å². The second kappa shape index (κ2) is 8.57. The number of piperidine rings is 2. The van der Waals surface area contributed by atoms with Gasteiger partial charge in [0.2, 0.25) is 5.91 Å². The third-order valence-electron chi connectivity index (χ3n) is 6.68. The van der Waals surface area contributed by atoms with Crippen molar-refractivity contribution < 1.29 is 13.2 Å². The molecule has 26 heavy (non-hydrogen) atoms. The first-order valence-electron chi connectivity index (χ1n) is 10.4. The van der Waals surface area contributed by atoms with Crippen LogP contribution >= 0.6 is 0 Å². The van der Waals surface area contributed by atoms with Gasteiger partial charge in [-0.15, -0.1) is 0 Å². The summed E-state index contributed by atoms with van der Waals surface area (Å²) in [5, 5.41) is 0. The first-order chi connectivity index (χ1) is 12.4. The molecular formula is C19H35N3O3S. The van der Waals surface area contributed by atoms with E-state index in [1.165, 1.54) is 6.42 Å². The van der Waals surface area contributed by atoms with Crippen molar-refractivity contribution in [1.82, 2.24) is 13.5 Å². The first-order valence-corrected chi connectivity index (χ1v) is 11.8. The second-order valence-electron chi connectivity index (χ2n) is 8.50. The summed E-state index contributed by atoms with van der Waals surface area (Å²) in [6.45, 7) is 4.92. The molecule has 0 atom stereocenters. The first kappa shape index (κ1) is 20.1. The maximum absolute atomic E-state index is 13.0. The number of likely N-dealkylation sites (tertiary alicyclic amines) is 1. The van der Waals surface area contributed by atoms with E-state index in [2.05, 4.69) is 6.92 Å². The molecule has 2 heterocycles. The molecule has 0 aromatic rings. The molecule has 0 radical (unpaired) electrons. The van der Waals surface area contributed by atoms with Gasteiger partial charge in [0.25, 0.3) is 10.2 Å². The zero-order valence-corrected chi connectivity index (χ0v) is 17.2. The molecule has 3 aliphatic rings. The van der Waals surface area contributed by atoms with Crippen LogP contribution in [0.15, 0.2) is 0 Å². The van der Waals surface area contributed by atoms with Crippen LogP contribution in [-0.4, -0.2) is 67.1 Å². The van der Waals surface area contributed by atoms with Gasteiger partial charge in [-0.3, -0.25) is 4.79 Å². The highest BCUT2D eigenvalue weighted by molar-refractivity contribution is 7.86. The van der Waals surface area contributed by atoms with E-state index in [1.807, 2.05) is 4.90 Å². The van der Waals surface area contributed by atoms with Gasteiger partial charge in [-0.1, -0.05) is 26.2 Å². The molecule has 150 valence electrons. The van der Waals surface area contributed by atoms with Crippen LogP contribution in [0, 0.1) is 11.8 Å². The topological polar surface area (TPSA) is 60.9 Å². The molecule has 1 saturated carbocycles. The van der Waals surface area contributed by atoms with E-state index >= 15 is 0 Å². The van der Waals surface area contributed by atoms with Gasteiger partial charge >= 0.3 is 0 Å². The Morgan fingerprint density at radius 2 is 1.46 bits per heavy atom. The quantitative estimate of drug-likeness (QED) is 0.747. The third kappa shape index (κ3) is 4.42. The van der Waals surface area contributed by atoms with E-state index in [9.17, 15) is 13.2 Å². The van der Waals surface area contributed by atoms with Crippen molar-refractivity contribution in [1.29, 1.82) is 0 Å². The molecule has 3 rings (SSSR count). The maximum Gasteiger partial charge on any atom is 0.281 e. The molecule has 0 spiro atoms. The highest BCUT2D eigenvalue weighted by Crippen LogP contribution is 2.28. The van der Waals surface area contributed by atoms with Crippen LogP contribution < -0.4 is 0 Å². The van der Waals surface area contributed by atoms with Gasteiger partial charge in [-0.2, -0.15) is 17.0 Å². The molecule has 2 saturated heterocycles. The zero-order chi connectivity index (χ0) is 18.7. The average Bonchev–Trinajstić information content (AvgIpc) is 2.68. The van der Waals surface area contributed by atoms with E-state index in [-0.39, 0.29) is 17.9 Å². The second-order valence-corrected chi connectivity index (χ2v) is 10.5. The van der Waals surface area contributed by atoms with E-state index in [0.717, 1.165) is 51.6 Å². The predicted octanol–water partition coefficient (Wildman–Crippen LogP) is 2.47. The summed E-state index contributed by atoms with van der Waals surface area (Å²) in [6.07, 6.45) is 8.88. The Morgan fingerprint density at radius 3 is 2.04 bits per heavy atom. The van der Waals surface area contributed by atoms with E-state index in [1.54, 1.807) is 15.7 Å². The summed E-state index contributed by atoms with van der Waals surface area (Å²) < 4.78 is 29.1. The summed E-state index contributed by atoms with van der Waals surface area (Å²) in [5.41, 5.74) is 0. The fraction of sp³-hybridized carbons (Fsp3) is 0.947. The summed E-state index contributed by atoms with van der Waals surface area (Å²) in [5.74, 6) is 0.950. The molecule has 7 heteroatoms. The van der Waals surface area contributed by atoms with Crippen molar-refractivity contribution in [3.05, 3.63) is 0 Å². The highest BCUT2D eigenvalue weighted by atomic mass is 32.2. The molecular weight excluding hydrogens is 350 g/mol. The van der Waals surface area contributed by atoms with Gasteiger partial charge in [0.1, 0.15) is 0 Å². The minimum absolute atomic E-state index is 0.00478. The molecule has 6 nitrogen and oxygen atoms in total. The molecule has 0 bridgehead atoms. The smallest absolute Gasteiger partial charge is 0.281 e. The molecule has 1 amide bonds. The average molecular weight is 386 g/mol. The normalized spacial score (nSPS) is 25.7. The van der Waals surface area contributed by atoms with Gasteiger partial charge in [-0.25, -0.2) is 0 Å². The molecule has 0 N–H and O–H groups in total. The Labute approximate surface area is 159 Å². The van der Waals surface area contributed by atoms with Crippen LogP contribution in [0.2, 0.25) is 0 Å². The molecule has 0 aromatic carbocycles. The van der Waals surface area contributed by atoms with Crippen molar-refractivity contribution in [2.75, 3.05) is 33.2 Å². The minimum atomic E-state index is -3.40. The molecule has 0 aromatic heterocycles. The number of rotatable bonds is 4. The number of nitrogens with zero attached hydrogens (tertiary/aromatic N) is 3. The maximum atomic E-state index is 13.0.